The van der Waals surface area contributed by atoms with E-state index in [9.17, 15) is 10.2 Å². The van der Waals surface area contributed by atoms with Crippen LogP contribution >= 0.6 is 24.8 Å². The minimum absolute atomic E-state index is 0.490. The van der Waals surface area contributed by atoms with Gasteiger partial charge in [0, 0.05) is 4.86 Å². The number of thiocarbonyl (C=S) groups is 1. The molecule has 0 bridgehead atoms. The van der Waals surface area contributed by atoms with Crippen molar-refractivity contribution in [2.45, 2.75) is 43.6 Å². The van der Waals surface area contributed by atoms with E-state index < -0.39 is 23.6 Å². The third-order valence-electron chi connectivity index (χ3n) is 2.38. The van der Waals surface area contributed by atoms with Gasteiger partial charge in [-0.2, -0.15) is 12.6 Å². The SMILES string of the molecule is CCC(=S)[C@@](S)(CC)[C@H](O)[C@H](O)CO. The van der Waals surface area contributed by atoms with Gasteiger partial charge in [-0.1, -0.05) is 26.1 Å². The molecule has 0 aromatic carbocycles. The van der Waals surface area contributed by atoms with Crippen molar-refractivity contribution in [2.24, 2.45) is 0 Å². The van der Waals surface area contributed by atoms with Crippen LogP contribution in [0.4, 0.5) is 0 Å². The third-order valence-corrected chi connectivity index (χ3v) is 4.04. The van der Waals surface area contributed by atoms with Gasteiger partial charge in [0.1, 0.15) is 12.2 Å². The van der Waals surface area contributed by atoms with Crippen LogP contribution in [-0.4, -0.2) is 43.7 Å². The minimum atomic E-state index is -1.20. The molecule has 0 aromatic heterocycles. The Morgan fingerprint density at radius 3 is 2.21 bits per heavy atom. The van der Waals surface area contributed by atoms with Gasteiger partial charge in [-0.05, 0) is 12.8 Å². The lowest BCUT2D eigenvalue weighted by Gasteiger charge is -2.35. The molecule has 0 rings (SSSR count). The van der Waals surface area contributed by atoms with E-state index in [4.69, 9.17) is 17.3 Å². The molecule has 0 radical (unpaired) electrons. The molecule has 84 valence electrons. The molecule has 0 saturated heterocycles. The second-order valence-corrected chi connectivity index (χ2v) is 4.54. The zero-order chi connectivity index (χ0) is 11.4. The molecule has 3 nitrogen and oxygen atoms in total. The van der Waals surface area contributed by atoms with Gasteiger partial charge in [-0.3, -0.25) is 0 Å². The predicted octanol–water partition coefficient (Wildman–Crippen LogP) is 0.559. The standard InChI is InChI=1S/C9H18O3S2/c1-3-7(13)9(14,4-2)8(12)6(11)5-10/h6,8,10-12,14H,3-5H2,1-2H3/t6-,8-,9+/m1/s1. The Morgan fingerprint density at radius 1 is 1.43 bits per heavy atom. The van der Waals surface area contributed by atoms with E-state index in [1.165, 1.54) is 0 Å². The maximum Gasteiger partial charge on any atom is 0.105 e. The first-order valence-corrected chi connectivity index (χ1v) is 5.52. The van der Waals surface area contributed by atoms with Gasteiger partial charge in [0.2, 0.25) is 0 Å². The first-order chi connectivity index (χ1) is 6.43. The summed E-state index contributed by atoms with van der Waals surface area (Å²) in [6, 6.07) is 0. The number of rotatable bonds is 6. The average molecular weight is 238 g/mol. The molecule has 0 aromatic rings. The highest BCUT2D eigenvalue weighted by Crippen LogP contribution is 2.29. The fourth-order valence-electron chi connectivity index (χ4n) is 1.30. The van der Waals surface area contributed by atoms with Crippen molar-refractivity contribution in [3.8, 4) is 0 Å². The largest absolute Gasteiger partial charge is 0.394 e. The monoisotopic (exact) mass is 238 g/mol. The molecule has 0 aliphatic carbocycles. The van der Waals surface area contributed by atoms with Crippen LogP contribution in [0, 0.1) is 0 Å². The molecule has 0 heterocycles. The summed E-state index contributed by atoms with van der Waals surface area (Å²) in [7, 11) is 0. The van der Waals surface area contributed by atoms with Gasteiger partial charge in [0.25, 0.3) is 0 Å². The minimum Gasteiger partial charge on any atom is -0.394 e. The summed E-state index contributed by atoms with van der Waals surface area (Å²) in [5.74, 6) is 0. The van der Waals surface area contributed by atoms with Crippen LogP contribution in [0.15, 0.2) is 0 Å². The number of aliphatic hydroxyl groups excluding tert-OH is 3. The van der Waals surface area contributed by atoms with Crippen molar-refractivity contribution in [3.63, 3.8) is 0 Å². The van der Waals surface area contributed by atoms with E-state index in [-0.39, 0.29) is 0 Å². The zero-order valence-corrected chi connectivity index (χ0v) is 10.2. The molecular weight excluding hydrogens is 220 g/mol. The normalized spacial score (nSPS) is 19.9. The third kappa shape index (κ3) is 2.90. The molecule has 0 spiro atoms. The van der Waals surface area contributed by atoms with Crippen LogP contribution < -0.4 is 0 Å². The van der Waals surface area contributed by atoms with Gasteiger partial charge >= 0.3 is 0 Å². The van der Waals surface area contributed by atoms with Crippen LogP contribution in [0.1, 0.15) is 26.7 Å². The molecule has 0 unspecified atom stereocenters. The van der Waals surface area contributed by atoms with Crippen molar-refractivity contribution >= 4 is 29.7 Å². The number of hydrogen-bond acceptors (Lipinski definition) is 5. The highest BCUT2D eigenvalue weighted by molar-refractivity contribution is 7.87. The van der Waals surface area contributed by atoms with Gasteiger partial charge in [-0.15, -0.1) is 0 Å². The van der Waals surface area contributed by atoms with E-state index >= 15 is 0 Å². The molecule has 5 heteroatoms. The van der Waals surface area contributed by atoms with Crippen LogP contribution in [0.25, 0.3) is 0 Å². The van der Waals surface area contributed by atoms with Gasteiger partial charge in [0.05, 0.1) is 11.4 Å². The van der Waals surface area contributed by atoms with Gasteiger partial charge in [-0.25, -0.2) is 0 Å². The molecule has 0 fully saturated rings. The molecule has 0 aliphatic rings. The van der Waals surface area contributed by atoms with E-state index in [1.807, 2.05) is 13.8 Å². The Morgan fingerprint density at radius 2 is 1.93 bits per heavy atom. The lowest BCUT2D eigenvalue weighted by Crippen LogP contribution is -2.50. The summed E-state index contributed by atoms with van der Waals surface area (Å²) in [5.41, 5.74) is 0. The fourth-order valence-corrected chi connectivity index (χ4v) is 1.89. The topological polar surface area (TPSA) is 60.7 Å². The first-order valence-electron chi connectivity index (χ1n) is 4.66. The van der Waals surface area contributed by atoms with E-state index in [0.29, 0.717) is 17.7 Å². The lowest BCUT2D eigenvalue weighted by atomic mass is 9.89. The van der Waals surface area contributed by atoms with Crippen molar-refractivity contribution in [1.29, 1.82) is 0 Å². The molecule has 14 heavy (non-hydrogen) atoms. The maximum absolute atomic E-state index is 9.76. The molecule has 3 N–H and O–H groups in total. The summed E-state index contributed by atoms with van der Waals surface area (Å²) >= 11 is 9.42. The van der Waals surface area contributed by atoms with Gasteiger partial charge in [0.15, 0.2) is 0 Å². The highest BCUT2D eigenvalue weighted by atomic mass is 32.1. The Kier molecular flexibility index (Phi) is 6.16. The van der Waals surface area contributed by atoms with E-state index in [2.05, 4.69) is 12.6 Å². The van der Waals surface area contributed by atoms with Crippen molar-refractivity contribution in [3.05, 3.63) is 0 Å². The Labute approximate surface area is 95.6 Å². The Balaban J connectivity index is 4.75. The quantitative estimate of drug-likeness (QED) is 0.403. The average Bonchev–Trinajstić information content (AvgIpc) is 2.24. The van der Waals surface area contributed by atoms with Crippen LogP contribution in [0.5, 0.6) is 0 Å². The van der Waals surface area contributed by atoms with E-state index in [0.717, 1.165) is 0 Å². The maximum atomic E-state index is 9.76. The van der Waals surface area contributed by atoms with Crippen molar-refractivity contribution < 1.29 is 15.3 Å². The fraction of sp³-hybridized carbons (Fsp3) is 0.889. The second kappa shape index (κ2) is 6.02. The molecule has 0 aliphatic heterocycles. The molecule has 3 atom stereocenters. The number of hydrogen-bond donors (Lipinski definition) is 4. The predicted molar refractivity (Wildman–Crippen MR) is 64.0 cm³/mol. The van der Waals surface area contributed by atoms with Crippen LogP contribution in [-0.2, 0) is 0 Å². The van der Waals surface area contributed by atoms with Crippen molar-refractivity contribution in [2.75, 3.05) is 6.61 Å². The van der Waals surface area contributed by atoms with Crippen LogP contribution in [0.3, 0.4) is 0 Å². The Hall–Kier alpha value is 0.320. The second-order valence-electron chi connectivity index (χ2n) is 3.25. The Bertz CT molecular complexity index is 198. The first kappa shape index (κ1) is 14.3. The highest BCUT2D eigenvalue weighted by Gasteiger charge is 2.39. The smallest absolute Gasteiger partial charge is 0.105 e. The zero-order valence-electron chi connectivity index (χ0n) is 8.47. The lowest BCUT2D eigenvalue weighted by molar-refractivity contribution is -0.0225. The van der Waals surface area contributed by atoms with Crippen molar-refractivity contribution in [1.82, 2.24) is 0 Å². The van der Waals surface area contributed by atoms with E-state index in [1.54, 1.807) is 0 Å². The molecular formula is C9H18O3S2. The number of thiol groups is 1. The summed E-state index contributed by atoms with van der Waals surface area (Å²) < 4.78 is -0.897. The number of aliphatic hydroxyl groups is 3. The molecule has 0 amide bonds. The molecule has 0 saturated carbocycles. The summed E-state index contributed by atoms with van der Waals surface area (Å²) in [4.78, 5) is 0.600. The van der Waals surface area contributed by atoms with Crippen LogP contribution in [0.2, 0.25) is 0 Å². The summed E-state index contributed by atoms with van der Waals surface area (Å²) in [6.45, 7) is 3.22. The summed E-state index contributed by atoms with van der Waals surface area (Å²) in [6.07, 6.45) is -1.20. The van der Waals surface area contributed by atoms with Gasteiger partial charge < -0.3 is 15.3 Å². The summed E-state index contributed by atoms with van der Waals surface area (Å²) in [5, 5.41) is 27.8.